The summed E-state index contributed by atoms with van der Waals surface area (Å²) in [6, 6.07) is 12.3. The zero-order valence-corrected chi connectivity index (χ0v) is 12.7. The van der Waals surface area contributed by atoms with Crippen molar-refractivity contribution < 1.29 is 4.79 Å². The van der Waals surface area contributed by atoms with Crippen molar-refractivity contribution in [3.63, 3.8) is 0 Å². The van der Waals surface area contributed by atoms with Crippen LogP contribution in [-0.2, 0) is 11.3 Å². The number of amides is 1. The van der Waals surface area contributed by atoms with Gasteiger partial charge in [-0.05, 0) is 37.4 Å². The van der Waals surface area contributed by atoms with Crippen molar-refractivity contribution in [3.05, 3.63) is 52.2 Å². The van der Waals surface area contributed by atoms with Gasteiger partial charge in [0, 0.05) is 9.77 Å². The second-order valence-electron chi connectivity index (χ2n) is 4.37. The molecule has 2 nitrogen and oxygen atoms in total. The van der Waals surface area contributed by atoms with Crippen LogP contribution in [0.15, 0.2) is 46.7 Å². The Morgan fingerprint density at radius 3 is 2.68 bits per heavy atom. The first-order valence-corrected chi connectivity index (χ1v) is 7.94. The molecule has 1 heterocycles. The molecule has 100 valence electrons. The van der Waals surface area contributed by atoms with E-state index in [1.807, 2.05) is 24.4 Å². The monoisotopic (exact) mass is 291 g/mol. The number of carbonyl (C=O) groups excluding carboxylic acids is 1. The van der Waals surface area contributed by atoms with E-state index < -0.39 is 0 Å². The average Bonchev–Trinajstić information content (AvgIpc) is 2.91. The van der Waals surface area contributed by atoms with Crippen LogP contribution in [0.4, 0.5) is 0 Å². The van der Waals surface area contributed by atoms with Crippen molar-refractivity contribution >= 4 is 29.0 Å². The topological polar surface area (TPSA) is 29.1 Å². The number of thioether (sulfide) groups is 1. The molecule has 0 aliphatic heterocycles. The fraction of sp³-hybridized carbons (Fsp3) is 0.267. The number of aryl methyl sites for hydroxylation is 1. The lowest BCUT2D eigenvalue weighted by Gasteiger charge is -2.11. The highest BCUT2D eigenvalue weighted by atomic mass is 32.2. The van der Waals surface area contributed by atoms with Crippen molar-refractivity contribution in [1.82, 2.24) is 5.32 Å². The van der Waals surface area contributed by atoms with E-state index in [1.54, 1.807) is 23.1 Å². The second kappa shape index (κ2) is 6.78. The van der Waals surface area contributed by atoms with Gasteiger partial charge in [-0.15, -0.1) is 23.1 Å². The third-order valence-corrected chi connectivity index (χ3v) is 4.71. The molecule has 1 N–H and O–H groups in total. The molecule has 1 aromatic heterocycles. The van der Waals surface area contributed by atoms with Crippen LogP contribution in [-0.4, -0.2) is 11.2 Å². The molecule has 0 aliphatic rings. The molecule has 2 aromatic rings. The summed E-state index contributed by atoms with van der Waals surface area (Å²) in [5, 5.41) is 4.91. The molecule has 19 heavy (non-hydrogen) atoms. The SMILES string of the molecule is Cc1ccc(SC(C)C(=O)NCc2cccs2)cc1. The minimum absolute atomic E-state index is 0.0809. The largest absolute Gasteiger partial charge is 0.350 e. The fourth-order valence-electron chi connectivity index (χ4n) is 1.61. The lowest BCUT2D eigenvalue weighted by Crippen LogP contribution is -2.30. The van der Waals surface area contributed by atoms with E-state index in [4.69, 9.17) is 0 Å². The predicted molar refractivity (Wildman–Crippen MR) is 82.7 cm³/mol. The quantitative estimate of drug-likeness (QED) is 0.848. The molecule has 1 aromatic carbocycles. The number of nitrogens with one attached hydrogen (secondary N) is 1. The molecule has 0 saturated carbocycles. The van der Waals surface area contributed by atoms with Crippen molar-refractivity contribution in [3.8, 4) is 0 Å². The van der Waals surface area contributed by atoms with Gasteiger partial charge in [-0.3, -0.25) is 4.79 Å². The number of benzene rings is 1. The van der Waals surface area contributed by atoms with Gasteiger partial charge in [0.2, 0.25) is 5.91 Å². The molecule has 0 spiro atoms. The Labute approximate surface area is 122 Å². The van der Waals surface area contributed by atoms with Crippen LogP contribution < -0.4 is 5.32 Å². The van der Waals surface area contributed by atoms with E-state index in [1.165, 1.54) is 10.4 Å². The lowest BCUT2D eigenvalue weighted by molar-refractivity contribution is -0.120. The van der Waals surface area contributed by atoms with Crippen LogP contribution in [0.2, 0.25) is 0 Å². The van der Waals surface area contributed by atoms with Crippen LogP contribution in [0.25, 0.3) is 0 Å². The van der Waals surface area contributed by atoms with E-state index in [2.05, 4.69) is 36.5 Å². The van der Waals surface area contributed by atoms with Crippen LogP contribution in [0.3, 0.4) is 0 Å². The third-order valence-electron chi connectivity index (χ3n) is 2.72. The summed E-state index contributed by atoms with van der Waals surface area (Å²) in [5.74, 6) is 0.0824. The van der Waals surface area contributed by atoms with Crippen molar-refractivity contribution in [2.24, 2.45) is 0 Å². The van der Waals surface area contributed by atoms with Crippen LogP contribution in [0, 0.1) is 6.92 Å². The van der Waals surface area contributed by atoms with E-state index >= 15 is 0 Å². The highest BCUT2D eigenvalue weighted by Crippen LogP contribution is 2.23. The van der Waals surface area contributed by atoms with E-state index in [0.29, 0.717) is 6.54 Å². The molecule has 4 heteroatoms. The maximum absolute atomic E-state index is 12.0. The van der Waals surface area contributed by atoms with E-state index in [0.717, 1.165) is 4.90 Å². The van der Waals surface area contributed by atoms with Gasteiger partial charge in [0.25, 0.3) is 0 Å². The molecular weight excluding hydrogens is 274 g/mol. The van der Waals surface area contributed by atoms with Gasteiger partial charge in [0.1, 0.15) is 0 Å². The molecule has 2 rings (SSSR count). The van der Waals surface area contributed by atoms with Gasteiger partial charge in [0.05, 0.1) is 11.8 Å². The Balaban J connectivity index is 1.83. The molecule has 0 saturated heterocycles. The normalized spacial score (nSPS) is 12.1. The third kappa shape index (κ3) is 4.40. The molecule has 0 bridgehead atoms. The summed E-state index contributed by atoms with van der Waals surface area (Å²) in [4.78, 5) is 14.3. The molecule has 1 atom stereocenters. The van der Waals surface area contributed by atoms with Crippen LogP contribution in [0.5, 0.6) is 0 Å². The fourth-order valence-corrected chi connectivity index (χ4v) is 3.14. The molecule has 1 amide bonds. The standard InChI is InChI=1S/C15H17NOS2/c1-11-5-7-13(8-6-11)19-12(2)15(17)16-10-14-4-3-9-18-14/h3-9,12H,10H2,1-2H3,(H,16,17). The average molecular weight is 291 g/mol. The summed E-state index contributed by atoms with van der Waals surface area (Å²) in [6.07, 6.45) is 0. The second-order valence-corrected chi connectivity index (χ2v) is 6.82. The van der Waals surface area contributed by atoms with Crippen LogP contribution >= 0.6 is 23.1 Å². The van der Waals surface area contributed by atoms with Crippen LogP contribution in [0.1, 0.15) is 17.4 Å². The van der Waals surface area contributed by atoms with Crippen molar-refractivity contribution in [1.29, 1.82) is 0 Å². The Bertz CT molecular complexity index is 520. The molecule has 0 fully saturated rings. The molecule has 0 radical (unpaired) electrons. The summed E-state index contributed by atoms with van der Waals surface area (Å²) in [5.41, 5.74) is 1.24. The van der Waals surface area contributed by atoms with Gasteiger partial charge in [0.15, 0.2) is 0 Å². The number of rotatable bonds is 5. The zero-order valence-electron chi connectivity index (χ0n) is 11.1. The van der Waals surface area contributed by atoms with Gasteiger partial charge in [-0.25, -0.2) is 0 Å². The first-order valence-electron chi connectivity index (χ1n) is 6.18. The summed E-state index contributed by atoms with van der Waals surface area (Å²) in [7, 11) is 0. The summed E-state index contributed by atoms with van der Waals surface area (Å²) >= 11 is 3.25. The first-order chi connectivity index (χ1) is 9.15. The smallest absolute Gasteiger partial charge is 0.233 e. The minimum Gasteiger partial charge on any atom is -0.350 e. The minimum atomic E-state index is -0.0809. The van der Waals surface area contributed by atoms with Gasteiger partial charge >= 0.3 is 0 Å². The number of carbonyl (C=O) groups is 1. The van der Waals surface area contributed by atoms with Crippen molar-refractivity contribution in [2.45, 2.75) is 30.5 Å². The Kier molecular flexibility index (Phi) is 5.05. The Hall–Kier alpha value is -1.26. The first kappa shape index (κ1) is 14.2. The maximum atomic E-state index is 12.0. The predicted octanol–water partition coefficient (Wildman–Crippen LogP) is 3.85. The highest BCUT2D eigenvalue weighted by Gasteiger charge is 2.13. The van der Waals surface area contributed by atoms with E-state index in [9.17, 15) is 4.79 Å². The van der Waals surface area contributed by atoms with E-state index in [-0.39, 0.29) is 11.2 Å². The maximum Gasteiger partial charge on any atom is 0.233 e. The van der Waals surface area contributed by atoms with Gasteiger partial charge < -0.3 is 5.32 Å². The Morgan fingerprint density at radius 2 is 2.05 bits per heavy atom. The number of thiophene rings is 1. The summed E-state index contributed by atoms with van der Waals surface area (Å²) in [6.45, 7) is 4.62. The molecule has 0 aliphatic carbocycles. The number of hydrogen-bond donors (Lipinski definition) is 1. The lowest BCUT2D eigenvalue weighted by atomic mass is 10.2. The molecular formula is C15H17NOS2. The molecule has 1 unspecified atom stereocenters. The van der Waals surface area contributed by atoms with Crippen molar-refractivity contribution in [2.75, 3.05) is 0 Å². The summed E-state index contributed by atoms with van der Waals surface area (Å²) < 4.78 is 0. The Morgan fingerprint density at radius 1 is 1.32 bits per heavy atom. The van der Waals surface area contributed by atoms with Gasteiger partial charge in [-0.2, -0.15) is 0 Å². The highest BCUT2D eigenvalue weighted by molar-refractivity contribution is 8.00. The number of hydrogen-bond acceptors (Lipinski definition) is 3. The zero-order chi connectivity index (χ0) is 13.7. The van der Waals surface area contributed by atoms with Gasteiger partial charge in [-0.1, -0.05) is 23.8 Å².